The molecule has 1 aromatic heterocycles. The molecule has 0 aliphatic rings. The maximum atomic E-state index is 12.3. The third-order valence-electron chi connectivity index (χ3n) is 1.74. The van der Waals surface area contributed by atoms with E-state index >= 15 is 0 Å². The molecule has 0 unspecified atom stereocenters. The molecule has 0 fully saturated rings. The van der Waals surface area contributed by atoms with Gasteiger partial charge in [-0.3, -0.25) is 0 Å². The van der Waals surface area contributed by atoms with Crippen LogP contribution in [0.2, 0.25) is 5.15 Å². The molecule has 0 bridgehead atoms. The van der Waals surface area contributed by atoms with Gasteiger partial charge in [0.1, 0.15) is 11.2 Å². The van der Waals surface area contributed by atoms with Crippen molar-refractivity contribution in [3.8, 4) is 6.07 Å². The van der Waals surface area contributed by atoms with Crippen LogP contribution in [-0.2, 0) is 5.79 Å². The van der Waals surface area contributed by atoms with Gasteiger partial charge in [0.15, 0.2) is 0 Å². The maximum absolute atomic E-state index is 12.3. The quantitative estimate of drug-likeness (QED) is 0.583. The van der Waals surface area contributed by atoms with Gasteiger partial charge in [0.05, 0.1) is 11.1 Å². The molecule has 4 nitrogen and oxygen atoms in total. The van der Waals surface area contributed by atoms with Gasteiger partial charge >= 0.3 is 6.18 Å². The molecular weight excluding hydrogens is 249 g/mol. The number of halogens is 4. The number of aliphatic hydroxyl groups is 2. The Bertz CT molecular complexity index is 454. The van der Waals surface area contributed by atoms with Gasteiger partial charge in [0.2, 0.25) is 0 Å². The lowest BCUT2D eigenvalue weighted by Crippen LogP contribution is -2.42. The van der Waals surface area contributed by atoms with Crippen LogP contribution in [0, 0.1) is 11.3 Å². The Kier molecular flexibility index (Phi) is 3.10. The van der Waals surface area contributed by atoms with Gasteiger partial charge in [-0.05, 0) is 6.07 Å². The maximum Gasteiger partial charge on any atom is 0.447 e. The van der Waals surface area contributed by atoms with Crippen molar-refractivity contribution in [3.05, 3.63) is 28.5 Å². The number of hydrogen-bond acceptors (Lipinski definition) is 4. The van der Waals surface area contributed by atoms with E-state index in [1.54, 1.807) is 0 Å². The van der Waals surface area contributed by atoms with Crippen molar-refractivity contribution in [1.29, 1.82) is 5.26 Å². The van der Waals surface area contributed by atoms with E-state index in [0.717, 1.165) is 6.20 Å². The first-order chi connectivity index (χ1) is 7.20. The van der Waals surface area contributed by atoms with Crippen molar-refractivity contribution >= 4 is 11.6 Å². The van der Waals surface area contributed by atoms with Gasteiger partial charge in [0.25, 0.3) is 5.79 Å². The lowest BCUT2D eigenvalue weighted by molar-refractivity contribution is -0.358. The summed E-state index contributed by atoms with van der Waals surface area (Å²) in [4.78, 5) is 3.25. The Morgan fingerprint density at radius 2 is 1.94 bits per heavy atom. The minimum absolute atomic E-state index is 0.267. The zero-order chi connectivity index (χ0) is 12.6. The van der Waals surface area contributed by atoms with Gasteiger partial charge in [-0.2, -0.15) is 18.4 Å². The molecule has 0 atom stereocenters. The predicted octanol–water partition coefficient (Wildman–Crippen LogP) is 1.31. The second-order valence-corrected chi connectivity index (χ2v) is 3.20. The molecular formula is C8H4ClF3N2O2. The number of nitriles is 1. The zero-order valence-corrected chi connectivity index (χ0v) is 8.21. The van der Waals surface area contributed by atoms with Crippen molar-refractivity contribution in [2.45, 2.75) is 12.0 Å². The second-order valence-electron chi connectivity index (χ2n) is 2.84. The van der Waals surface area contributed by atoms with E-state index < -0.39 is 22.7 Å². The smallest absolute Gasteiger partial charge is 0.355 e. The van der Waals surface area contributed by atoms with E-state index in [2.05, 4.69) is 4.98 Å². The monoisotopic (exact) mass is 252 g/mol. The third kappa shape index (κ3) is 2.09. The Labute approximate surface area is 92.5 Å². The first kappa shape index (κ1) is 12.7. The van der Waals surface area contributed by atoms with Gasteiger partial charge in [0, 0.05) is 6.20 Å². The normalized spacial score (nSPS) is 12.3. The summed E-state index contributed by atoms with van der Waals surface area (Å²) in [5.41, 5.74) is -1.35. The minimum atomic E-state index is -5.34. The predicted molar refractivity (Wildman–Crippen MR) is 46.1 cm³/mol. The summed E-state index contributed by atoms with van der Waals surface area (Å²) >= 11 is 5.30. The summed E-state index contributed by atoms with van der Waals surface area (Å²) in [6, 6.07) is 2.12. The summed E-state index contributed by atoms with van der Waals surface area (Å²) in [5.74, 6) is -4.13. The Morgan fingerprint density at radius 1 is 1.38 bits per heavy atom. The molecule has 2 N–H and O–H groups in total. The molecule has 1 aromatic rings. The molecule has 16 heavy (non-hydrogen) atoms. The van der Waals surface area contributed by atoms with E-state index in [0.29, 0.717) is 6.07 Å². The fraction of sp³-hybridized carbons (Fsp3) is 0.250. The average molecular weight is 253 g/mol. The highest BCUT2D eigenvalue weighted by Gasteiger charge is 2.55. The molecule has 1 rings (SSSR count). The summed E-state index contributed by atoms with van der Waals surface area (Å²) in [7, 11) is 0. The van der Waals surface area contributed by atoms with Crippen molar-refractivity contribution in [1.82, 2.24) is 4.98 Å². The third-order valence-corrected chi connectivity index (χ3v) is 2.04. The van der Waals surface area contributed by atoms with Crippen LogP contribution in [0.15, 0.2) is 12.3 Å². The Balaban J connectivity index is 3.39. The highest BCUT2D eigenvalue weighted by molar-refractivity contribution is 6.30. The number of rotatable bonds is 1. The minimum Gasteiger partial charge on any atom is -0.355 e. The average Bonchev–Trinajstić information content (AvgIpc) is 2.16. The van der Waals surface area contributed by atoms with E-state index in [1.807, 2.05) is 0 Å². The van der Waals surface area contributed by atoms with Crippen molar-refractivity contribution in [2.75, 3.05) is 0 Å². The van der Waals surface area contributed by atoms with Gasteiger partial charge in [-0.25, -0.2) is 4.98 Å². The molecule has 0 aliphatic carbocycles. The van der Waals surface area contributed by atoms with Gasteiger partial charge in [-0.1, -0.05) is 11.6 Å². The van der Waals surface area contributed by atoms with Crippen LogP contribution in [0.25, 0.3) is 0 Å². The summed E-state index contributed by atoms with van der Waals surface area (Å²) < 4.78 is 36.8. The van der Waals surface area contributed by atoms with Crippen molar-refractivity contribution in [2.24, 2.45) is 0 Å². The fourth-order valence-electron chi connectivity index (χ4n) is 0.906. The van der Waals surface area contributed by atoms with E-state index in [1.165, 1.54) is 6.07 Å². The molecule has 86 valence electrons. The molecule has 0 saturated carbocycles. The van der Waals surface area contributed by atoms with Crippen LogP contribution >= 0.6 is 11.6 Å². The highest BCUT2D eigenvalue weighted by Crippen LogP contribution is 2.39. The Hall–Kier alpha value is -1.36. The molecule has 1 heterocycles. The van der Waals surface area contributed by atoms with Gasteiger partial charge in [-0.15, -0.1) is 0 Å². The number of pyridine rings is 1. The van der Waals surface area contributed by atoms with Crippen molar-refractivity contribution < 1.29 is 23.4 Å². The first-order valence-electron chi connectivity index (χ1n) is 3.77. The topological polar surface area (TPSA) is 77.1 Å². The Morgan fingerprint density at radius 3 is 2.38 bits per heavy atom. The standard InChI is InChI=1S/C8H4ClF3N2O2/c9-6-5(1-4(2-13)3-14-6)7(15,16)8(10,11)12/h1,3,15-16H. The zero-order valence-electron chi connectivity index (χ0n) is 7.46. The highest BCUT2D eigenvalue weighted by atomic mass is 35.5. The van der Waals surface area contributed by atoms with E-state index in [-0.39, 0.29) is 5.56 Å². The lowest BCUT2D eigenvalue weighted by atomic mass is 10.1. The van der Waals surface area contributed by atoms with Crippen molar-refractivity contribution in [3.63, 3.8) is 0 Å². The molecule has 8 heteroatoms. The first-order valence-corrected chi connectivity index (χ1v) is 4.15. The lowest BCUT2D eigenvalue weighted by Gasteiger charge is -2.25. The molecule has 0 aliphatic heterocycles. The van der Waals surface area contributed by atoms with Crippen LogP contribution in [0.5, 0.6) is 0 Å². The number of aromatic nitrogens is 1. The fourth-order valence-corrected chi connectivity index (χ4v) is 1.14. The summed E-state index contributed by atoms with van der Waals surface area (Å²) in [6.45, 7) is 0. The molecule has 0 spiro atoms. The van der Waals surface area contributed by atoms with Crippen LogP contribution in [0.3, 0.4) is 0 Å². The second kappa shape index (κ2) is 3.90. The van der Waals surface area contributed by atoms with Crippen LogP contribution in [0.1, 0.15) is 11.1 Å². The largest absolute Gasteiger partial charge is 0.447 e. The molecule has 0 saturated heterocycles. The van der Waals surface area contributed by atoms with Crippen LogP contribution in [-0.4, -0.2) is 21.4 Å². The van der Waals surface area contributed by atoms with Crippen LogP contribution in [0.4, 0.5) is 13.2 Å². The van der Waals surface area contributed by atoms with Crippen LogP contribution < -0.4 is 0 Å². The number of nitrogens with zero attached hydrogens (tertiary/aromatic N) is 2. The molecule has 0 radical (unpaired) electrons. The van der Waals surface area contributed by atoms with E-state index in [9.17, 15) is 13.2 Å². The SMILES string of the molecule is N#Cc1cnc(Cl)c(C(O)(O)C(F)(F)F)c1. The van der Waals surface area contributed by atoms with E-state index in [4.69, 9.17) is 27.1 Å². The summed E-state index contributed by atoms with van der Waals surface area (Å²) in [5, 5.41) is 25.5. The number of alkyl halides is 3. The number of hydrogen-bond donors (Lipinski definition) is 2. The molecule has 0 aromatic carbocycles. The molecule has 0 amide bonds. The summed E-state index contributed by atoms with van der Waals surface area (Å²) in [6.07, 6.45) is -4.43. The van der Waals surface area contributed by atoms with Gasteiger partial charge < -0.3 is 10.2 Å².